The van der Waals surface area contributed by atoms with Gasteiger partial charge in [-0.2, -0.15) is 0 Å². The number of rotatable bonds is 12. The number of nitrogens with zero attached hydrogens (tertiary/aromatic N) is 7. The molecule has 17 aromatic rings. The summed E-state index contributed by atoms with van der Waals surface area (Å²) in [5.41, 5.74) is 32.6. The first-order chi connectivity index (χ1) is 52.2. The van der Waals surface area contributed by atoms with Crippen molar-refractivity contribution in [3.05, 3.63) is 394 Å². The van der Waals surface area contributed by atoms with Gasteiger partial charge >= 0.3 is 0 Å². The summed E-state index contributed by atoms with van der Waals surface area (Å²) in [6, 6.07) is 146. The van der Waals surface area contributed by atoms with Crippen LogP contribution in [0.15, 0.2) is 394 Å². The fourth-order valence-corrected chi connectivity index (χ4v) is 17.6. The summed E-state index contributed by atoms with van der Waals surface area (Å²) in [7, 11) is 0. The summed E-state index contributed by atoms with van der Waals surface area (Å²) in [6.07, 6.45) is 0. The van der Waals surface area contributed by atoms with E-state index in [-0.39, 0.29) is 13.4 Å². The fourth-order valence-electron chi connectivity index (χ4n) is 17.6. The van der Waals surface area contributed by atoms with Gasteiger partial charge < -0.3 is 34.0 Å². The van der Waals surface area contributed by atoms with Gasteiger partial charge in [0.05, 0.1) is 28.1 Å². The smallest absolute Gasteiger partial charge is 0.252 e. The summed E-state index contributed by atoms with van der Waals surface area (Å²) < 4.78 is 2.48. The molecule has 0 amide bonds. The van der Waals surface area contributed by atoms with Crippen LogP contribution in [0.1, 0.15) is 0 Å². The number of hydrogen-bond acceptors (Lipinski definition) is 6. The van der Waals surface area contributed by atoms with Crippen molar-refractivity contribution >= 4 is 170 Å². The molecule has 7 nitrogen and oxygen atoms in total. The Bertz CT molecular complexity index is 6130. The average Bonchev–Trinajstić information content (AvgIpc) is 0.901. The zero-order valence-corrected chi connectivity index (χ0v) is 57.3. The molecule has 0 radical (unpaired) electrons. The molecule has 490 valence electrons. The highest BCUT2D eigenvalue weighted by molar-refractivity contribution is 7.03. The number of benzene rings is 16. The van der Waals surface area contributed by atoms with Crippen LogP contribution in [-0.2, 0) is 0 Å². The number of fused-ring (bicyclic) bond motifs is 11. The van der Waals surface area contributed by atoms with Crippen LogP contribution >= 0.6 is 0 Å². The van der Waals surface area contributed by atoms with Crippen LogP contribution in [-0.4, -0.2) is 18.0 Å². The first-order valence-electron chi connectivity index (χ1n) is 36.2. The van der Waals surface area contributed by atoms with Gasteiger partial charge in [0.2, 0.25) is 0 Å². The van der Waals surface area contributed by atoms with Crippen LogP contribution in [0.4, 0.5) is 102 Å². The molecule has 16 aromatic carbocycles. The maximum atomic E-state index is 2.67. The van der Waals surface area contributed by atoms with Gasteiger partial charge in [0.15, 0.2) is 0 Å². The predicted octanol–water partition coefficient (Wildman–Crippen LogP) is 21.6. The zero-order chi connectivity index (χ0) is 69.1. The van der Waals surface area contributed by atoms with Gasteiger partial charge in [0.25, 0.3) is 13.4 Å². The third kappa shape index (κ3) is 9.48. The molecule has 4 aliphatic rings. The highest BCUT2D eigenvalue weighted by Gasteiger charge is 2.49. The molecule has 0 saturated carbocycles. The average molecular weight is 1340 g/mol. The van der Waals surface area contributed by atoms with E-state index in [4.69, 9.17) is 0 Å². The molecule has 0 spiro atoms. The summed E-state index contributed by atoms with van der Waals surface area (Å²) in [6.45, 7) is -0.456. The van der Waals surface area contributed by atoms with Crippen molar-refractivity contribution in [1.29, 1.82) is 0 Å². The Hall–Kier alpha value is -13.8. The Labute approximate surface area is 611 Å². The van der Waals surface area contributed by atoms with Crippen molar-refractivity contribution in [2.45, 2.75) is 0 Å². The van der Waals surface area contributed by atoms with Crippen LogP contribution in [0.2, 0.25) is 0 Å². The first-order valence-corrected chi connectivity index (χ1v) is 36.2. The largest absolute Gasteiger partial charge is 0.311 e. The van der Waals surface area contributed by atoms with Crippen molar-refractivity contribution in [3.63, 3.8) is 0 Å². The zero-order valence-electron chi connectivity index (χ0n) is 57.3. The van der Waals surface area contributed by atoms with Gasteiger partial charge in [-0.25, -0.2) is 0 Å². The minimum Gasteiger partial charge on any atom is -0.311 e. The van der Waals surface area contributed by atoms with Gasteiger partial charge in [-0.3, -0.25) is 0 Å². The minimum absolute atomic E-state index is 0.214. The van der Waals surface area contributed by atoms with Gasteiger partial charge in [-0.15, -0.1) is 0 Å². The summed E-state index contributed by atoms with van der Waals surface area (Å²) in [5, 5.41) is 2.40. The molecular formula is C96H65B2N7. The van der Waals surface area contributed by atoms with Crippen molar-refractivity contribution in [3.8, 4) is 16.8 Å². The summed E-state index contributed by atoms with van der Waals surface area (Å²) in [4.78, 5) is 15.2. The SMILES string of the molecule is c1ccc(N(c2ccccc2)c2cc3c4c(c2)N(c2ccccc2)c2cc5c(cc2B4c2ccccc2N3c2ccccc2)B2c3ccccc3N(c3ccccc3)c3cc(N(c4ccccc4)c4ccccc4)cc(c32)N5c2ccccc2-c2cccc3c4ccccc4n(-c4ccccc4)c23)cc1. The fraction of sp³-hybridized carbons (Fsp3) is 0. The van der Waals surface area contributed by atoms with Crippen molar-refractivity contribution in [2.75, 3.05) is 29.4 Å². The standard InChI is InChI=1S/C96H65B2N7/c1-9-34-66(35-10-1)99(67-36-11-2-12-37-67)74-60-90-94-92(62-74)103(72-46-21-7-22-47-72)88-65-89-83(64-82(88)97(94)80-54-27-31-58-86(80)101(90)70-42-17-5-18-43-70)98-81-55-28-32-59-87(81)102(71-44-19-6-20-45-71)91-61-75(100(68-38-13-3-14-39-68)69-40-15-4-16-41-69)63-93(95(91)98)105(89)85-57-30-26-51-77(85)79-53-33-52-78-76-50-25-29-56-84(76)104(96(78)79)73-48-23-8-24-49-73/h1-65H. The molecule has 105 heavy (non-hydrogen) atoms. The van der Waals surface area contributed by atoms with Gasteiger partial charge in [-0.1, -0.05) is 243 Å². The van der Waals surface area contributed by atoms with Crippen LogP contribution in [0.3, 0.4) is 0 Å². The van der Waals surface area contributed by atoms with Crippen LogP contribution < -0.4 is 62.2 Å². The molecule has 1 aromatic heterocycles. The van der Waals surface area contributed by atoms with E-state index in [1.165, 1.54) is 43.5 Å². The van der Waals surface area contributed by atoms with E-state index in [1.807, 2.05) is 0 Å². The second-order valence-electron chi connectivity index (χ2n) is 27.5. The Kier molecular flexibility index (Phi) is 14.0. The molecule has 9 heteroatoms. The lowest BCUT2D eigenvalue weighted by Crippen LogP contribution is -2.65. The predicted molar refractivity (Wildman–Crippen MR) is 444 cm³/mol. The van der Waals surface area contributed by atoms with Gasteiger partial charge in [0, 0.05) is 113 Å². The Morgan fingerprint density at radius 3 is 0.990 bits per heavy atom. The van der Waals surface area contributed by atoms with E-state index in [2.05, 4.69) is 428 Å². The third-order valence-corrected chi connectivity index (χ3v) is 21.8. The summed E-state index contributed by atoms with van der Waals surface area (Å²) in [5.74, 6) is 0. The first kappa shape index (κ1) is 60.1. The van der Waals surface area contributed by atoms with E-state index >= 15 is 0 Å². The number of para-hydroxylation sites is 13. The maximum Gasteiger partial charge on any atom is 0.252 e. The molecule has 0 bridgehead atoms. The van der Waals surface area contributed by atoms with Crippen molar-refractivity contribution in [2.24, 2.45) is 0 Å². The molecule has 5 heterocycles. The minimum atomic E-state index is -0.242. The Balaban J connectivity index is 0.914. The quantitative estimate of drug-likeness (QED) is 0.113. The van der Waals surface area contributed by atoms with Crippen molar-refractivity contribution in [1.82, 2.24) is 4.57 Å². The molecule has 0 aliphatic carbocycles. The van der Waals surface area contributed by atoms with Crippen LogP contribution in [0.5, 0.6) is 0 Å². The lowest BCUT2D eigenvalue weighted by atomic mass is 9.30. The van der Waals surface area contributed by atoms with Crippen LogP contribution in [0.25, 0.3) is 38.6 Å². The van der Waals surface area contributed by atoms with E-state index in [9.17, 15) is 0 Å². The lowest BCUT2D eigenvalue weighted by molar-refractivity contribution is 1.18. The second-order valence-corrected chi connectivity index (χ2v) is 27.5. The Morgan fingerprint density at radius 1 is 0.200 bits per heavy atom. The molecule has 0 atom stereocenters. The van der Waals surface area contributed by atoms with E-state index in [0.717, 1.165) is 130 Å². The van der Waals surface area contributed by atoms with E-state index in [1.54, 1.807) is 0 Å². The molecule has 4 aliphatic heterocycles. The molecule has 21 rings (SSSR count). The monoisotopic (exact) mass is 1340 g/mol. The van der Waals surface area contributed by atoms with E-state index < -0.39 is 0 Å². The number of aromatic nitrogens is 1. The van der Waals surface area contributed by atoms with Gasteiger partial charge in [0.1, 0.15) is 0 Å². The van der Waals surface area contributed by atoms with Crippen LogP contribution in [0, 0.1) is 0 Å². The lowest BCUT2D eigenvalue weighted by Gasteiger charge is -2.48. The van der Waals surface area contributed by atoms with Crippen molar-refractivity contribution < 1.29 is 0 Å². The topological polar surface area (TPSA) is 24.4 Å². The second kappa shape index (κ2) is 24.5. The maximum absolute atomic E-state index is 2.67. The molecule has 0 N–H and O–H groups in total. The molecule has 0 unspecified atom stereocenters. The van der Waals surface area contributed by atoms with E-state index in [0.29, 0.717) is 0 Å². The number of hydrogen-bond donors (Lipinski definition) is 0. The third-order valence-electron chi connectivity index (χ3n) is 21.8. The Morgan fingerprint density at radius 2 is 0.533 bits per heavy atom. The normalized spacial score (nSPS) is 12.8. The van der Waals surface area contributed by atoms with Gasteiger partial charge in [-0.05, 0) is 184 Å². The molecule has 0 fully saturated rings. The highest BCUT2D eigenvalue weighted by atomic mass is 15.2. The molecule has 0 saturated heterocycles. The highest BCUT2D eigenvalue weighted by Crippen LogP contribution is 2.54. The molecular weight excluding hydrogens is 1270 g/mol. The summed E-state index contributed by atoms with van der Waals surface area (Å²) >= 11 is 0. The number of anilines is 18.